The van der Waals surface area contributed by atoms with Crippen molar-refractivity contribution in [1.29, 1.82) is 0 Å². The first-order chi connectivity index (χ1) is 9.99. The molecule has 0 bridgehead atoms. The summed E-state index contributed by atoms with van der Waals surface area (Å²) in [7, 11) is 0. The Kier molecular flexibility index (Phi) is 5.53. The lowest BCUT2D eigenvalue weighted by molar-refractivity contribution is 0.0928. The van der Waals surface area contributed by atoms with E-state index in [1.807, 2.05) is 0 Å². The van der Waals surface area contributed by atoms with Gasteiger partial charge >= 0.3 is 0 Å². The summed E-state index contributed by atoms with van der Waals surface area (Å²) in [5, 5.41) is 3.08. The summed E-state index contributed by atoms with van der Waals surface area (Å²) in [6.45, 7) is 0. The largest absolute Gasteiger partial charge is 0.392 e. The molecule has 1 aromatic carbocycles. The first-order valence-electron chi connectivity index (χ1n) is 7.04. The molecular formula is C15H18ClFN2OS. The number of amides is 1. The van der Waals surface area contributed by atoms with E-state index in [0.29, 0.717) is 5.02 Å². The van der Waals surface area contributed by atoms with Crippen molar-refractivity contribution in [1.82, 2.24) is 5.32 Å². The SMILES string of the molecule is NC(=S)C(NC(=O)c1cc(Cl)ccc1F)C1CCCCC1. The van der Waals surface area contributed by atoms with Gasteiger partial charge in [-0.1, -0.05) is 43.1 Å². The first-order valence-corrected chi connectivity index (χ1v) is 7.83. The molecule has 2 rings (SSSR count). The molecule has 3 nitrogen and oxygen atoms in total. The Morgan fingerprint density at radius 1 is 1.38 bits per heavy atom. The lowest BCUT2D eigenvalue weighted by Crippen LogP contribution is -2.49. The number of thiocarbonyl (C=S) groups is 1. The molecule has 0 spiro atoms. The third-order valence-corrected chi connectivity index (χ3v) is 4.38. The van der Waals surface area contributed by atoms with Gasteiger partial charge in [0.1, 0.15) is 5.82 Å². The third kappa shape index (κ3) is 4.14. The molecule has 21 heavy (non-hydrogen) atoms. The van der Waals surface area contributed by atoms with Crippen molar-refractivity contribution < 1.29 is 9.18 Å². The number of benzene rings is 1. The summed E-state index contributed by atoms with van der Waals surface area (Å²) in [6.07, 6.45) is 5.34. The zero-order valence-corrected chi connectivity index (χ0v) is 13.1. The summed E-state index contributed by atoms with van der Waals surface area (Å²) in [4.78, 5) is 12.5. The van der Waals surface area contributed by atoms with Crippen LogP contribution in [0.5, 0.6) is 0 Å². The second-order valence-electron chi connectivity index (χ2n) is 5.38. The van der Waals surface area contributed by atoms with Crippen LogP contribution in [0.15, 0.2) is 18.2 Å². The molecule has 1 aromatic rings. The number of rotatable bonds is 4. The fourth-order valence-electron chi connectivity index (χ4n) is 2.78. The highest BCUT2D eigenvalue weighted by atomic mass is 35.5. The molecule has 0 aromatic heterocycles. The Morgan fingerprint density at radius 2 is 2.05 bits per heavy atom. The van der Waals surface area contributed by atoms with Gasteiger partial charge < -0.3 is 11.1 Å². The summed E-state index contributed by atoms with van der Waals surface area (Å²) in [6, 6.07) is 3.49. The van der Waals surface area contributed by atoms with Crippen molar-refractivity contribution in [2.45, 2.75) is 38.1 Å². The van der Waals surface area contributed by atoms with Crippen LogP contribution in [0.2, 0.25) is 5.02 Å². The molecule has 1 amide bonds. The first kappa shape index (κ1) is 16.2. The van der Waals surface area contributed by atoms with E-state index in [0.717, 1.165) is 25.7 Å². The van der Waals surface area contributed by atoms with E-state index in [4.69, 9.17) is 29.6 Å². The van der Waals surface area contributed by atoms with Crippen LogP contribution in [0.25, 0.3) is 0 Å². The molecule has 0 saturated heterocycles. The predicted molar refractivity (Wildman–Crippen MR) is 86.0 cm³/mol. The second-order valence-corrected chi connectivity index (χ2v) is 6.28. The minimum atomic E-state index is -0.609. The normalized spacial score (nSPS) is 17.2. The number of carbonyl (C=O) groups is 1. The zero-order valence-electron chi connectivity index (χ0n) is 11.6. The van der Waals surface area contributed by atoms with Crippen LogP contribution >= 0.6 is 23.8 Å². The van der Waals surface area contributed by atoms with Gasteiger partial charge in [-0.2, -0.15) is 0 Å². The van der Waals surface area contributed by atoms with Crippen molar-refractivity contribution >= 4 is 34.7 Å². The van der Waals surface area contributed by atoms with Crippen LogP contribution in [0.3, 0.4) is 0 Å². The van der Waals surface area contributed by atoms with Gasteiger partial charge in [-0.3, -0.25) is 4.79 Å². The molecule has 3 N–H and O–H groups in total. The standard InChI is InChI=1S/C15H18ClFN2OS/c16-10-6-7-12(17)11(8-10)15(20)19-13(14(18)21)9-4-2-1-3-5-9/h6-9,13H,1-5H2,(H2,18,21)(H,19,20). The summed E-state index contributed by atoms with van der Waals surface area (Å²) in [5.74, 6) is -0.914. The Balaban J connectivity index is 2.14. The van der Waals surface area contributed by atoms with Crippen LogP contribution in [0.1, 0.15) is 42.5 Å². The van der Waals surface area contributed by atoms with Gasteiger partial charge in [0, 0.05) is 5.02 Å². The molecule has 1 atom stereocenters. The fourth-order valence-corrected chi connectivity index (χ4v) is 3.20. The lowest BCUT2D eigenvalue weighted by Gasteiger charge is -2.30. The highest BCUT2D eigenvalue weighted by molar-refractivity contribution is 7.80. The minimum Gasteiger partial charge on any atom is -0.392 e. The molecule has 1 aliphatic rings. The average molecular weight is 329 g/mol. The molecular weight excluding hydrogens is 311 g/mol. The van der Waals surface area contributed by atoms with Gasteiger partial charge in [-0.05, 0) is 37.0 Å². The quantitative estimate of drug-likeness (QED) is 0.832. The highest BCUT2D eigenvalue weighted by Gasteiger charge is 2.28. The minimum absolute atomic E-state index is 0.0837. The Bertz CT molecular complexity index is 546. The molecule has 1 saturated carbocycles. The summed E-state index contributed by atoms with van der Waals surface area (Å²) in [5.41, 5.74) is 5.68. The van der Waals surface area contributed by atoms with Crippen LogP contribution in [-0.2, 0) is 0 Å². The highest BCUT2D eigenvalue weighted by Crippen LogP contribution is 2.27. The fraction of sp³-hybridized carbons (Fsp3) is 0.467. The number of nitrogens with two attached hydrogens (primary N) is 1. The predicted octanol–water partition coefficient (Wildman–Crippen LogP) is 3.44. The number of hydrogen-bond acceptors (Lipinski definition) is 2. The molecule has 0 aliphatic heterocycles. The summed E-state index contributed by atoms with van der Waals surface area (Å²) >= 11 is 10.9. The van der Waals surface area contributed by atoms with Gasteiger partial charge in [0.15, 0.2) is 0 Å². The monoisotopic (exact) mass is 328 g/mol. The number of nitrogens with one attached hydrogen (secondary N) is 1. The zero-order chi connectivity index (χ0) is 15.4. The smallest absolute Gasteiger partial charge is 0.254 e. The van der Waals surface area contributed by atoms with Crippen molar-refractivity contribution in [3.05, 3.63) is 34.6 Å². The third-order valence-electron chi connectivity index (χ3n) is 3.89. The van der Waals surface area contributed by atoms with E-state index < -0.39 is 17.8 Å². The van der Waals surface area contributed by atoms with Gasteiger partial charge in [0.25, 0.3) is 5.91 Å². The van der Waals surface area contributed by atoms with E-state index in [2.05, 4.69) is 5.32 Å². The van der Waals surface area contributed by atoms with Crippen LogP contribution in [0.4, 0.5) is 4.39 Å². The molecule has 0 radical (unpaired) electrons. The maximum Gasteiger partial charge on any atom is 0.254 e. The van der Waals surface area contributed by atoms with Crippen LogP contribution < -0.4 is 11.1 Å². The van der Waals surface area contributed by atoms with E-state index in [1.54, 1.807) is 0 Å². The van der Waals surface area contributed by atoms with Gasteiger partial charge in [0.2, 0.25) is 0 Å². The van der Waals surface area contributed by atoms with Crippen molar-refractivity contribution in [2.75, 3.05) is 0 Å². The Hall–Kier alpha value is -1.20. The van der Waals surface area contributed by atoms with Crippen molar-refractivity contribution in [3.63, 3.8) is 0 Å². The van der Waals surface area contributed by atoms with E-state index in [9.17, 15) is 9.18 Å². The Labute approximate surface area is 134 Å². The Morgan fingerprint density at radius 3 is 2.67 bits per heavy atom. The number of carbonyl (C=O) groups excluding carboxylic acids is 1. The number of halogens is 2. The number of hydrogen-bond donors (Lipinski definition) is 2. The molecule has 1 aliphatic carbocycles. The second kappa shape index (κ2) is 7.18. The van der Waals surface area contributed by atoms with E-state index >= 15 is 0 Å². The molecule has 6 heteroatoms. The van der Waals surface area contributed by atoms with Crippen molar-refractivity contribution in [3.8, 4) is 0 Å². The van der Waals surface area contributed by atoms with Gasteiger partial charge in [-0.25, -0.2) is 4.39 Å². The van der Waals surface area contributed by atoms with E-state index in [-0.39, 0.29) is 16.5 Å². The maximum atomic E-state index is 13.7. The molecule has 1 fully saturated rings. The van der Waals surface area contributed by atoms with Gasteiger partial charge in [-0.15, -0.1) is 0 Å². The molecule has 0 heterocycles. The van der Waals surface area contributed by atoms with E-state index in [1.165, 1.54) is 24.6 Å². The maximum absolute atomic E-state index is 13.7. The van der Waals surface area contributed by atoms with Crippen molar-refractivity contribution in [2.24, 2.45) is 11.7 Å². The lowest BCUT2D eigenvalue weighted by atomic mass is 9.83. The van der Waals surface area contributed by atoms with Gasteiger partial charge in [0.05, 0.1) is 16.6 Å². The summed E-state index contributed by atoms with van der Waals surface area (Å²) < 4.78 is 13.7. The molecule has 1 unspecified atom stereocenters. The topological polar surface area (TPSA) is 55.1 Å². The molecule has 114 valence electrons. The van der Waals surface area contributed by atoms with Crippen LogP contribution in [-0.4, -0.2) is 16.9 Å². The van der Waals surface area contributed by atoms with Crippen LogP contribution in [0, 0.1) is 11.7 Å². The average Bonchev–Trinajstić information content (AvgIpc) is 2.47.